The van der Waals surface area contributed by atoms with E-state index in [1.165, 1.54) is 0 Å². The predicted molar refractivity (Wildman–Crippen MR) is 11.5 cm³/mol. The second kappa shape index (κ2) is 9.68. The van der Waals surface area contributed by atoms with Gasteiger partial charge >= 0.3 is 46.2 Å². The van der Waals surface area contributed by atoms with Crippen molar-refractivity contribution in [3.8, 4) is 0 Å². The summed E-state index contributed by atoms with van der Waals surface area (Å²) in [5.41, 5.74) is 0. The maximum absolute atomic E-state index is 8.42. The first-order valence-electron chi connectivity index (χ1n) is 0.707. The molecule has 0 fully saturated rings. The molecule has 3 nitrogen and oxygen atoms in total. The standard InChI is InChI=1S/BO3.Li.Pb/c2-1(3)4;;/q-3;+1;+2. The molecule has 0 spiro atoms. The first kappa shape index (κ1) is 15.7. The average molecular weight is 273 g/mol. The van der Waals surface area contributed by atoms with Gasteiger partial charge in [-0.05, 0) is 0 Å². The van der Waals surface area contributed by atoms with Gasteiger partial charge in [0.15, 0.2) is 0 Å². The monoisotopic (exact) mass is 274 g/mol. The van der Waals surface area contributed by atoms with Crippen molar-refractivity contribution >= 4 is 34.6 Å². The molecule has 0 heterocycles. The van der Waals surface area contributed by atoms with E-state index in [2.05, 4.69) is 0 Å². The third-order valence-electron chi connectivity index (χ3n) is 0. The molecule has 0 atom stereocenters. The molecule has 0 aliphatic rings. The summed E-state index contributed by atoms with van der Waals surface area (Å²) in [5, 5.41) is 25.2. The Morgan fingerprint density at radius 3 is 1.00 bits per heavy atom. The van der Waals surface area contributed by atoms with Crippen molar-refractivity contribution in [1.82, 2.24) is 0 Å². The van der Waals surface area contributed by atoms with E-state index in [0.29, 0.717) is 0 Å². The van der Waals surface area contributed by atoms with Crippen LogP contribution in [0.25, 0.3) is 0 Å². The zero-order chi connectivity index (χ0) is 3.58. The molecule has 0 aromatic carbocycles. The van der Waals surface area contributed by atoms with Crippen LogP contribution in [0, 0.1) is 0 Å². The Hall–Kier alpha value is 1.46. The van der Waals surface area contributed by atoms with Crippen molar-refractivity contribution in [3.05, 3.63) is 0 Å². The minimum atomic E-state index is -2.92. The van der Waals surface area contributed by atoms with E-state index >= 15 is 0 Å². The van der Waals surface area contributed by atoms with Crippen molar-refractivity contribution in [3.63, 3.8) is 0 Å². The average Bonchev–Trinajstić information content (AvgIpc) is 0.811. The van der Waals surface area contributed by atoms with Crippen LogP contribution < -0.4 is 33.9 Å². The van der Waals surface area contributed by atoms with Gasteiger partial charge in [-0.3, -0.25) is 7.32 Å². The smallest absolute Gasteiger partial charge is 0.907 e. The van der Waals surface area contributed by atoms with E-state index in [4.69, 9.17) is 15.1 Å². The van der Waals surface area contributed by atoms with E-state index in [1.807, 2.05) is 0 Å². The molecule has 0 aromatic heterocycles. The van der Waals surface area contributed by atoms with Crippen LogP contribution in [0.4, 0.5) is 0 Å². The van der Waals surface area contributed by atoms with Gasteiger partial charge in [0, 0.05) is 0 Å². The first-order valence-corrected chi connectivity index (χ1v) is 0.707. The van der Waals surface area contributed by atoms with Gasteiger partial charge < -0.3 is 15.1 Å². The molecule has 0 amide bonds. The molecular weight excluding hydrogens is 273 g/mol. The van der Waals surface area contributed by atoms with Gasteiger partial charge in [0.1, 0.15) is 0 Å². The normalized spacial score (nSPS) is 4.50. The minimum absolute atomic E-state index is 0. The Kier molecular flexibility index (Phi) is 25.3. The van der Waals surface area contributed by atoms with Gasteiger partial charge in [0.05, 0.1) is 0 Å². The van der Waals surface area contributed by atoms with Crippen molar-refractivity contribution in [1.29, 1.82) is 0 Å². The predicted octanol–water partition coefficient (Wildman–Crippen LogP) is -7.32. The maximum atomic E-state index is 8.42. The first-order chi connectivity index (χ1) is 1.73. The van der Waals surface area contributed by atoms with Gasteiger partial charge in [-0.2, -0.15) is 0 Å². The zero-order valence-electron chi connectivity index (χ0n) is 3.30. The van der Waals surface area contributed by atoms with Crippen molar-refractivity contribution < 1.29 is 33.9 Å². The molecule has 0 bridgehead atoms. The molecule has 0 unspecified atom stereocenters. The number of rotatable bonds is 0. The van der Waals surface area contributed by atoms with Gasteiger partial charge in [-0.1, -0.05) is 0 Å². The van der Waals surface area contributed by atoms with E-state index in [9.17, 15) is 0 Å². The van der Waals surface area contributed by atoms with Crippen LogP contribution >= 0.6 is 0 Å². The van der Waals surface area contributed by atoms with Crippen molar-refractivity contribution in [2.75, 3.05) is 0 Å². The summed E-state index contributed by atoms with van der Waals surface area (Å²) in [7, 11) is -2.92. The Labute approximate surface area is 68.3 Å². The van der Waals surface area contributed by atoms with Gasteiger partial charge in [-0.15, -0.1) is 0 Å². The summed E-state index contributed by atoms with van der Waals surface area (Å²) < 4.78 is 0. The Morgan fingerprint density at radius 1 is 1.00 bits per heavy atom. The summed E-state index contributed by atoms with van der Waals surface area (Å²) in [5.74, 6) is 0. The van der Waals surface area contributed by atoms with Crippen LogP contribution in [0.1, 0.15) is 0 Å². The van der Waals surface area contributed by atoms with Crippen LogP contribution in [-0.2, 0) is 0 Å². The number of hydrogen-bond donors (Lipinski definition) is 0. The molecule has 0 aromatic rings. The molecular formula is BLiO3Pb. The largest absolute Gasteiger partial charge is 2.00 e. The molecule has 0 rings (SSSR count). The third kappa shape index (κ3) is 50.8. The van der Waals surface area contributed by atoms with Crippen LogP contribution in [-0.4, -0.2) is 34.6 Å². The molecule has 0 saturated heterocycles. The molecule has 6 heavy (non-hydrogen) atoms. The summed E-state index contributed by atoms with van der Waals surface area (Å²) in [4.78, 5) is 0. The Bertz CT molecular complexity index is 15.5. The Morgan fingerprint density at radius 2 is 1.00 bits per heavy atom. The molecule has 26 valence electrons. The van der Waals surface area contributed by atoms with Gasteiger partial charge in [-0.25, -0.2) is 0 Å². The summed E-state index contributed by atoms with van der Waals surface area (Å²) in [6.45, 7) is 0. The molecule has 0 aliphatic carbocycles. The topological polar surface area (TPSA) is 69.2 Å². The molecule has 2 radical (unpaired) electrons. The Balaban J connectivity index is -0.0000000450. The molecule has 0 aliphatic heterocycles. The second-order valence-corrected chi connectivity index (χ2v) is 0.289. The van der Waals surface area contributed by atoms with Gasteiger partial charge in [0.2, 0.25) is 0 Å². The van der Waals surface area contributed by atoms with Crippen molar-refractivity contribution in [2.45, 2.75) is 0 Å². The number of hydrogen-bond acceptors (Lipinski definition) is 3. The van der Waals surface area contributed by atoms with Crippen LogP contribution in [0.2, 0.25) is 0 Å². The summed E-state index contributed by atoms with van der Waals surface area (Å²) in [6, 6.07) is 0. The van der Waals surface area contributed by atoms with E-state index in [1.54, 1.807) is 0 Å². The van der Waals surface area contributed by atoms with Crippen molar-refractivity contribution in [2.24, 2.45) is 0 Å². The van der Waals surface area contributed by atoms with Gasteiger partial charge in [0.25, 0.3) is 0 Å². The fourth-order valence-corrected chi connectivity index (χ4v) is 0. The summed E-state index contributed by atoms with van der Waals surface area (Å²) in [6.07, 6.45) is 0. The fraction of sp³-hybridized carbons (Fsp3) is 0. The van der Waals surface area contributed by atoms with E-state index in [-0.39, 0.29) is 46.2 Å². The van der Waals surface area contributed by atoms with E-state index in [0.717, 1.165) is 0 Å². The second-order valence-electron chi connectivity index (χ2n) is 0.289. The van der Waals surface area contributed by atoms with Crippen LogP contribution in [0.3, 0.4) is 0 Å². The quantitative estimate of drug-likeness (QED) is 0.412. The third-order valence-corrected chi connectivity index (χ3v) is 0. The van der Waals surface area contributed by atoms with Crippen LogP contribution in [0.15, 0.2) is 0 Å². The molecule has 0 N–H and O–H groups in total. The SMILES string of the molecule is [Li+].[O-]B([O-])[O-].[Pb+2]. The van der Waals surface area contributed by atoms with Crippen LogP contribution in [0.5, 0.6) is 0 Å². The fourth-order valence-electron chi connectivity index (χ4n) is 0. The summed E-state index contributed by atoms with van der Waals surface area (Å²) >= 11 is 0. The molecule has 0 saturated carbocycles. The maximum Gasteiger partial charge on any atom is 2.00 e. The van der Waals surface area contributed by atoms with E-state index < -0.39 is 7.32 Å². The zero-order valence-corrected chi connectivity index (χ0v) is 7.19. The minimum Gasteiger partial charge on any atom is -0.907 e. The molecule has 6 heteroatoms.